The van der Waals surface area contributed by atoms with Gasteiger partial charge in [0.25, 0.3) is 0 Å². The molecule has 1 fully saturated rings. The molecule has 90 valence electrons. The van der Waals surface area contributed by atoms with Gasteiger partial charge < -0.3 is 0 Å². The molecule has 0 aliphatic heterocycles. The van der Waals surface area contributed by atoms with Gasteiger partial charge >= 0.3 is 0 Å². The van der Waals surface area contributed by atoms with E-state index in [9.17, 15) is 5.26 Å². The van der Waals surface area contributed by atoms with Crippen LogP contribution in [0.2, 0.25) is 0 Å². The molecule has 0 saturated heterocycles. The lowest BCUT2D eigenvalue weighted by atomic mass is 9.69. The van der Waals surface area contributed by atoms with Crippen molar-refractivity contribution in [3.63, 3.8) is 0 Å². The van der Waals surface area contributed by atoms with Crippen molar-refractivity contribution in [3.8, 4) is 6.07 Å². The van der Waals surface area contributed by atoms with Crippen LogP contribution in [0.25, 0.3) is 0 Å². The van der Waals surface area contributed by atoms with E-state index >= 15 is 0 Å². The Kier molecular flexibility index (Phi) is 3.83. The standard InChI is InChI=1S/C14H17BrN2/c1-11-4-6-14(10-16,7-5-11)8-13-3-2-12(15)9-17-13/h2-3,9,11H,4-8H2,1H3. The summed E-state index contributed by atoms with van der Waals surface area (Å²) in [7, 11) is 0. The predicted molar refractivity (Wildman–Crippen MR) is 71.3 cm³/mol. The number of nitriles is 1. The van der Waals surface area contributed by atoms with Crippen LogP contribution < -0.4 is 0 Å². The Morgan fingerprint density at radius 2 is 2.18 bits per heavy atom. The first-order valence-electron chi connectivity index (χ1n) is 6.15. The van der Waals surface area contributed by atoms with Gasteiger partial charge in [-0.1, -0.05) is 6.92 Å². The highest BCUT2D eigenvalue weighted by Crippen LogP contribution is 2.40. The molecule has 1 aromatic heterocycles. The van der Waals surface area contributed by atoms with Gasteiger partial charge in [-0.3, -0.25) is 4.98 Å². The van der Waals surface area contributed by atoms with Crippen molar-refractivity contribution in [2.45, 2.75) is 39.0 Å². The lowest BCUT2D eigenvalue weighted by Gasteiger charge is -2.33. The number of rotatable bonds is 2. The fraction of sp³-hybridized carbons (Fsp3) is 0.571. The zero-order valence-electron chi connectivity index (χ0n) is 10.1. The minimum Gasteiger partial charge on any atom is -0.260 e. The van der Waals surface area contributed by atoms with E-state index in [-0.39, 0.29) is 5.41 Å². The van der Waals surface area contributed by atoms with E-state index in [0.717, 1.165) is 35.3 Å². The third kappa shape index (κ3) is 3.07. The van der Waals surface area contributed by atoms with Crippen molar-refractivity contribution in [1.29, 1.82) is 5.26 Å². The van der Waals surface area contributed by atoms with Gasteiger partial charge in [-0.25, -0.2) is 0 Å². The summed E-state index contributed by atoms with van der Waals surface area (Å²) >= 11 is 3.38. The molecule has 0 atom stereocenters. The first-order chi connectivity index (χ1) is 8.13. The van der Waals surface area contributed by atoms with Crippen molar-refractivity contribution in [2.24, 2.45) is 11.3 Å². The molecule has 0 radical (unpaired) electrons. The molecule has 1 aliphatic rings. The molecule has 1 saturated carbocycles. The van der Waals surface area contributed by atoms with E-state index in [4.69, 9.17) is 0 Å². The van der Waals surface area contributed by atoms with Crippen LogP contribution in [0.4, 0.5) is 0 Å². The summed E-state index contributed by atoms with van der Waals surface area (Å²) in [6, 6.07) is 6.56. The Labute approximate surface area is 111 Å². The summed E-state index contributed by atoms with van der Waals surface area (Å²) in [6.45, 7) is 2.28. The number of nitrogens with zero attached hydrogens (tertiary/aromatic N) is 2. The molecular formula is C14H17BrN2. The van der Waals surface area contributed by atoms with Crippen molar-refractivity contribution >= 4 is 15.9 Å². The number of hydrogen-bond donors (Lipinski definition) is 0. The first kappa shape index (κ1) is 12.6. The maximum absolute atomic E-state index is 9.46. The molecule has 0 bridgehead atoms. The zero-order chi connectivity index (χ0) is 12.3. The summed E-state index contributed by atoms with van der Waals surface area (Å²) in [5, 5.41) is 9.46. The molecule has 1 heterocycles. The van der Waals surface area contributed by atoms with Gasteiger partial charge in [0.1, 0.15) is 0 Å². The highest BCUT2D eigenvalue weighted by atomic mass is 79.9. The summed E-state index contributed by atoms with van der Waals surface area (Å²) in [6.07, 6.45) is 6.98. The van der Waals surface area contributed by atoms with E-state index in [1.807, 2.05) is 18.3 Å². The molecule has 0 unspecified atom stereocenters. The Balaban J connectivity index is 2.10. The Hall–Kier alpha value is -0.880. The summed E-state index contributed by atoms with van der Waals surface area (Å²) < 4.78 is 0.990. The molecule has 0 N–H and O–H groups in total. The monoisotopic (exact) mass is 292 g/mol. The molecule has 0 amide bonds. The minimum absolute atomic E-state index is 0.173. The van der Waals surface area contributed by atoms with Crippen molar-refractivity contribution in [3.05, 3.63) is 28.5 Å². The molecule has 0 spiro atoms. The van der Waals surface area contributed by atoms with Crippen LogP contribution in [0.3, 0.4) is 0 Å². The molecule has 2 rings (SSSR count). The number of halogens is 1. The fourth-order valence-corrected chi connectivity index (χ4v) is 2.74. The van der Waals surface area contributed by atoms with Crippen molar-refractivity contribution in [1.82, 2.24) is 4.98 Å². The second-order valence-electron chi connectivity index (χ2n) is 5.22. The van der Waals surface area contributed by atoms with Crippen LogP contribution >= 0.6 is 15.9 Å². The quantitative estimate of drug-likeness (QED) is 0.823. The number of hydrogen-bond acceptors (Lipinski definition) is 2. The van der Waals surface area contributed by atoms with Gasteiger partial charge in [-0.2, -0.15) is 5.26 Å². The van der Waals surface area contributed by atoms with Crippen LogP contribution in [-0.2, 0) is 6.42 Å². The minimum atomic E-state index is -0.173. The van der Waals surface area contributed by atoms with Crippen LogP contribution in [0.1, 0.15) is 38.3 Å². The highest BCUT2D eigenvalue weighted by molar-refractivity contribution is 9.10. The lowest BCUT2D eigenvalue weighted by Crippen LogP contribution is -2.27. The van der Waals surface area contributed by atoms with Gasteiger partial charge in [-0.15, -0.1) is 0 Å². The molecule has 1 aliphatic carbocycles. The summed E-state index contributed by atoms with van der Waals surface area (Å²) in [4.78, 5) is 4.39. The van der Waals surface area contributed by atoms with Gasteiger partial charge in [0.15, 0.2) is 0 Å². The van der Waals surface area contributed by atoms with Crippen LogP contribution in [0.15, 0.2) is 22.8 Å². The Morgan fingerprint density at radius 3 is 2.71 bits per heavy atom. The molecule has 1 aromatic rings. The Morgan fingerprint density at radius 1 is 1.47 bits per heavy atom. The second-order valence-corrected chi connectivity index (χ2v) is 6.13. The van der Waals surface area contributed by atoms with Gasteiger partial charge in [-0.05, 0) is 59.7 Å². The number of pyridine rings is 1. The fourth-order valence-electron chi connectivity index (χ4n) is 2.50. The SMILES string of the molecule is CC1CCC(C#N)(Cc2ccc(Br)cn2)CC1. The summed E-state index contributed by atoms with van der Waals surface area (Å²) in [5.74, 6) is 0.773. The van der Waals surface area contributed by atoms with Crippen LogP contribution in [0.5, 0.6) is 0 Å². The average molecular weight is 293 g/mol. The molecule has 0 aromatic carbocycles. The van der Waals surface area contributed by atoms with Gasteiger partial charge in [0.2, 0.25) is 0 Å². The van der Waals surface area contributed by atoms with Crippen LogP contribution in [0, 0.1) is 22.7 Å². The van der Waals surface area contributed by atoms with E-state index in [1.54, 1.807) is 0 Å². The molecular weight excluding hydrogens is 276 g/mol. The Bertz CT molecular complexity index is 411. The number of aromatic nitrogens is 1. The van der Waals surface area contributed by atoms with E-state index in [1.165, 1.54) is 12.8 Å². The van der Waals surface area contributed by atoms with E-state index in [0.29, 0.717) is 0 Å². The normalized spacial score (nSPS) is 28.6. The third-order valence-electron chi connectivity index (χ3n) is 3.78. The molecule has 3 heteroatoms. The zero-order valence-corrected chi connectivity index (χ0v) is 11.7. The van der Waals surface area contributed by atoms with Gasteiger partial charge in [0.05, 0.1) is 11.5 Å². The van der Waals surface area contributed by atoms with E-state index in [2.05, 4.69) is 33.9 Å². The molecule has 17 heavy (non-hydrogen) atoms. The van der Waals surface area contributed by atoms with Crippen molar-refractivity contribution in [2.75, 3.05) is 0 Å². The lowest BCUT2D eigenvalue weighted by molar-refractivity contribution is 0.217. The van der Waals surface area contributed by atoms with Crippen LogP contribution in [-0.4, -0.2) is 4.98 Å². The smallest absolute Gasteiger partial charge is 0.0693 e. The second kappa shape index (κ2) is 5.18. The summed E-state index contributed by atoms with van der Waals surface area (Å²) in [5.41, 5.74) is 0.858. The van der Waals surface area contributed by atoms with E-state index < -0.39 is 0 Å². The van der Waals surface area contributed by atoms with Crippen molar-refractivity contribution < 1.29 is 0 Å². The maximum atomic E-state index is 9.46. The highest BCUT2D eigenvalue weighted by Gasteiger charge is 2.34. The molecule has 2 nitrogen and oxygen atoms in total. The van der Waals surface area contributed by atoms with Gasteiger partial charge in [0, 0.05) is 22.8 Å². The first-order valence-corrected chi connectivity index (χ1v) is 6.94. The maximum Gasteiger partial charge on any atom is 0.0693 e. The topological polar surface area (TPSA) is 36.7 Å². The largest absolute Gasteiger partial charge is 0.260 e. The average Bonchev–Trinajstić information content (AvgIpc) is 2.35. The predicted octanol–water partition coefficient (Wildman–Crippen LogP) is 4.11. The third-order valence-corrected chi connectivity index (χ3v) is 4.25.